The van der Waals surface area contributed by atoms with Gasteiger partial charge in [-0.25, -0.2) is 0 Å². The summed E-state index contributed by atoms with van der Waals surface area (Å²) in [5.74, 6) is 1.05. The van der Waals surface area contributed by atoms with Crippen molar-refractivity contribution in [3.63, 3.8) is 0 Å². The lowest BCUT2D eigenvalue weighted by atomic mass is 9.86. The summed E-state index contributed by atoms with van der Waals surface area (Å²) in [6, 6.07) is 9.70. The number of aldehydes is 1. The lowest BCUT2D eigenvalue weighted by Gasteiger charge is -2.20. The molecule has 0 spiro atoms. The highest BCUT2D eigenvalue weighted by Crippen LogP contribution is 2.33. The van der Waals surface area contributed by atoms with Crippen LogP contribution in [-0.2, 0) is 5.41 Å². The van der Waals surface area contributed by atoms with Gasteiger partial charge in [-0.15, -0.1) is 0 Å². The van der Waals surface area contributed by atoms with E-state index in [4.69, 9.17) is 4.42 Å². The molecule has 94 valence electrons. The van der Waals surface area contributed by atoms with Crippen LogP contribution in [0.1, 0.15) is 36.9 Å². The van der Waals surface area contributed by atoms with Crippen LogP contribution in [0.2, 0.25) is 0 Å². The van der Waals surface area contributed by atoms with Crippen LogP contribution < -0.4 is 0 Å². The maximum absolute atomic E-state index is 10.7. The van der Waals surface area contributed by atoms with Gasteiger partial charge in [0.2, 0.25) is 0 Å². The van der Waals surface area contributed by atoms with Crippen LogP contribution in [0.15, 0.2) is 39.2 Å². The third kappa shape index (κ3) is 2.56. The number of furan rings is 1. The number of rotatable bonds is 2. The van der Waals surface area contributed by atoms with Crippen molar-refractivity contribution in [1.29, 1.82) is 0 Å². The summed E-state index contributed by atoms with van der Waals surface area (Å²) in [6.07, 6.45) is 0.713. The summed E-state index contributed by atoms with van der Waals surface area (Å²) in [4.78, 5) is 10.7. The zero-order chi connectivity index (χ0) is 13.3. The SMILES string of the molecule is CC(C)(C)c1ccc(Br)c(-c2ccc(C=O)o2)c1. The third-order valence-electron chi connectivity index (χ3n) is 2.84. The predicted octanol–water partition coefficient (Wildman–Crippen LogP) is 4.82. The van der Waals surface area contributed by atoms with E-state index in [1.165, 1.54) is 5.56 Å². The Labute approximate surface area is 115 Å². The van der Waals surface area contributed by atoms with Crippen LogP contribution in [0.3, 0.4) is 0 Å². The van der Waals surface area contributed by atoms with E-state index in [0.717, 1.165) is 10.0 Å². The maximum Gasteiger partial charge on any atom is 0.185 e. The van der Waals surface area contributed by atoms with Gasteiger partial charge in [0.25, 0.3) is 0 Å². The first kappa shape index (κ1) is 13.1. The van der Waals surface area contributed by atoms with Crippen LogP contribution >= 0.6 is 15.9 Å². The Kier molecular flexibility index (Phi) is 3.44. The molecule has 1 heterocycles. The maximum atomic E-state index is 10.7. The van der Waals surface area contributed by atoms with E-state index in [9.17, 15) is 4.79 Å². The van der Waals surface area contributed by atoms with Gasteiger partial charge in [-0.2, -0.15) is 0 Å². The molecule has 1 aromatic heterocycles. The Bertz CT molecular complexity index is 576. The predicted molar refractivity (Wildman–Crippen MR) is 75.9 cm³/mol. The standard InChI is InChI=1S/C15H15BrO2/c1-15(2,3)10-4-6-13(16)12(8-10)14-7-5-11(9-17)18-14/h4-9H,1-3H3. The molecule has 0 amide bonds. The van der Waals surface area contributed by atoms with E-state index >= 15 is 0 Å². The Morgan fingerprint density at radius 3 is 2.44 bits per heavy atom. The van der Waals surface area contributed by atoms with Crippen LogP contribution in [0.4, 0.5) is 0 Å². The second-order valence-electron chi connectivity index (χ2n) is 5.26. The van der Waals surface area contributed by atoms with Crippen molar-refractivity contribution < 1.29 is 9.21 Å². The van der Waals surface area contributed by atoms with Crippen molar-refractivity contribution >= 4 is 22.2 Å². The van der Waals surface area contributed by atoms with Gasteiger partial charge in [0, 0.05) is 10.0 Å². The average molecular weight is 307 g/mol. The Hall–Kier alpha value is -1.35. The quantitative estimate of drug-likeness (QED) is 0.745. The van der Waals surface area contributed by atoms with Crippen LogP contribution in [0.5, 0.6) is 0 Å². The lowest BCUT2D eigenvalue weighted by molar-refractivity contribution is 0.110. The number of carbonyl (C=O) groups excluding carboxylic acids is 1. The minimum Gasteiger partial charge on any atom is -0.453 e. The first-order valence-corrected chi connectivity index (χ1v) is 6.56. The molecule has 2 rings (SSSR count). The molecule has 0 aliphatic heterocycles. The topological polar surface area (TPSA) is 30.2 Å². The molecule has 18 heavy (non-hydrogen) atoms. The van der Waals surface area contributed by atoms with Gasteiger partial charge < -0.3 is 4.42 Å². The molecule has 0 atom stereocenters. The van der Waals surface area contributed by atoms with Gasteiger partial charge in [-0.1, -0.05) is 42.8 Å². The molecule has 0 N–H and O–H groups in total. The van der Waals surface area contributed by atoms with Crippen LogP contribution in [-0.4, -0.2) is 6.29 Å². The number of hydrogen-bond donors (Lipinski definition) is 0. The molecule has 0 radical (unpaired) electrons. The number of hydrogen-bond acceptors (Lipinski definition) is 2. The number of halogens is 1. The van der Waals surface area contributed by atoms with E-state index < -0.39 is 0 Å². The summed E-state index contributed by atoms with van der Waals surface area (Å²) in [5.41, 5.74) is 2.27. The van der Waals surface area contributed by atoms with Gasteiger partial charge in [-0.05, 0) is 35.2 Å². The highest BCUT2D eigenvalue weighted by Gasteiger charge is 2.16. The molecule has 0 saturated carbocycles. The highest BCUT2D eigenvalue weighted by atomic mass is 79.9. The zero-order valence-electron chi connectivity index (χ0n) is 10.7. The Morgan fingerprint density at radius 2 is 1.89 bits per heavy atom. The molecule has 0 saturated heterocycles. The van der Waals surface area contributed by atoms with Gasteiger partial charge in [0.05, 0.1) is 0 Å². The Morgan fingerprint density at radius 1 is 1.17 bits per heavy atom. The molecule has 2 nitrogen and oxygen atoms in total. The van der Waals surface area contributed by atoms with Crippen molar-refractivity contribution in [2.45, 2.75) is 26.2 Å². The lowest BCUT2D eigenvalue weighted by Crippen LogP contribution is -2.10. The first-order chi connectivity index (χ1) is 8.41. The second-order valence-corrected chi connectivity index (χ2v) is 6.12. The van der Waals surface area contributed by atoms with E-state index in [1.54, 1.807) is 6.07 Å². The third-order valence-corrected chi connectivity index (χ3v) is 3.53. The van der Waals surface area contributed by atoms with Gasteiger partial charge in [0.1, 0.15) is 5.76 Å². The van der Waals surface area contributed by atoms with Crippen LogP contribution in [0, 0.1) is 0 Å². The minimum atomic E-state index is 0.0789. The molecule has 0 bridgehead atoms. The van der Waals surface area contributed by atoms with Crippen molar-refractivity contribution in [2.24, 2.45) is 0 Å². The summed E-state index contributed by atoms with van der Waals surface area (Å²) in [7, 11) is 0. The van der Waals surface area contributed by atoms with E-state index in [2.05, 4.69) is 48.8 Å². The summed E-state index contributed by atoms with van der Waals surface area (Å²) in [6.45, 7) is 6.50. The molecule has 2 aromatic rings. The second kappa shape index (κ2) is 4.73. The summed E-state index contributed by atoms with van der Waals surface area (Å²) in [5, 5.41) is 0. The minimum absolute atomic E-state index is 0.0789. The van der Waals surface area contributed by atoms with E-state index in [1.807, 2.05) is 12.1 Å². The molecule has 0 unspecified atom stereocenters. The molecular weight excluding hydrogens is 292 g/mol. The van der Waals surface area contributed by atoms with Gasteiger partial charge in [-0.3, -0.25) is 4.79 Å². The van der Waals surface area contributed by atoms with Crippen molar-refractivity contribution in [3.05, 3.63) is 46.1 Å². The fourth-order valence-corrected chi connectivity index (χ4v) is 2.18. The van der Waals surface area contributed by atoms with E-state index in [0.29, 0.717) is 17.8 Å². The number of benzene rings is 1. The Balaban J connectivity index is 2.52. The highest BCUT2D eigenvalue weighted by molar-refractivity contribution is 9.10. The molecule has 3 heteroatoms. The first-order valence-electron chi connectivity index (χ1n) is 5.77. The average Bonchev–Trinajstić information content (AvgIpc) is 2.76. The van der Waals surface area contributed by atoms with Crippen molar-refractivity contribution in [1.82, 2.24) is 0 Å². The zero-order valence-corrected chi connectivity index (χ0v) is 12.2. The van der Waals surface area contributed by atoms with Gasteiger partial charge >= 0.3 is 0 Å². The van der Waals surface area contributed by atoms with Gasteiger partial charge in [0.15, 0.2) is 12.0 Å². The molecular formula is C15H15BrO2. The molecule has 0 aliphatic carbocycles. The van der Waals surface area contributed by atoms with E-state index in [-0.39, 0.29) is 5.41 Å². The number of carbonyl (C=O) groups is 1. The summed E-state index contributed by atoms with van der Waals surface area (Å²) >= 11 is 3.52. The normalized spacial score (nSPS) is 11.6. The van der Waals surface area contributed by atoms with Crippen molar-refractivity contribution in [3.8, 4) is 11.3 Å². The largest absolute Gasteiger partial charge is 0.453 e. The molecule has 1 aromatic carbocycles. The van der Waals surface area contributed by atoms with Crippen molar-refractivity contribution in [2.75, 3.05) is 0 Å². The molecule has 0 fully saturated rings. The molecule has 0 aliphatic rings. The monoisotopic (exact) mass is 306 g/mol. The van der Waals surface area contributed by atoms with Crippen LogP contribution in [0.25, 0.3) is 11.3 Å². The fourth-order valence-electron chi connectivity index (χ4n) is 1.74. The smallest absolute Gasteiger partial charge is 0.185 e. The fraction of sp³-hybridized carbons (Fsp3) is 0.267. The summed E-state index contributed by atoms with van der Waals surface area (Å²) < 4.78 is 6.43.